The van der Waals surface area contributed by atoms with Crippen molar-refractivity contribution < 1.29 is 4.79 Å². The zero-order chi connectivity index (χ0) is 18.2. The average molecular weight is 340 g/mol. The SMILES string of the molecule is CCCNC(=NCC(=O)N(C)C)NC(C)c1cccc2ccccc12. The third-order valence-corrected chi connectivity index (χ3v) is 4.06. The number of carbonyl (C=O) groups excluding carboxylic acids is 1. The van der Waals surface area contributed by atoms with Crippen molar-refractivity contribution in [3.05, 3.63) is 48.0 Å². The highest BCUT2D eigenvalue weighted by Gasteiger charge is 2.12. The molecule has 2 aromatic rings. The molecule has 2 rings (SSSR count). The van der Waals surface area contributed by atoms with E-state index < -0.39 is 0 Å². The van der Waals surface area contributed by atoms with Crippen molar-refractivity contribution in [3.63, 3.8) is 0 Å². The largest absolute Gasteiger partial charge is 0.356 e. The molecular weight excluding hydrogens is 312 g/mol. The Morgan fingerprint density at radius 1 is 1.16 bits per heavy atom. The Bertz CT molecular complexity index is 734. The van der Waals surface area contributed by atoms with Gasteiger partial charge in [0.05, 0.1) is 6.04 Å². The summed E-state index contributed by atoms with van der Waals surface area (Å²) in [5.74, 6) is 0.646. The smallest absolute Gasteiger partial charge is 0.243 e. The van der Waals surface area contributed by atoms with Crippen LogP contribution in [-0.4, -0.2) is 44.0 Å². The second-order valence-electron chi connectivity index (χ2n) is 6.31. The fourth-order valence-corrected chi connectivity index (χ4v) is 2.59. The molecule has 0 bridgehead atoms. The van der Waals surface area contributed by atoms with Crippen molar-refractivity contribution in [2.24, 2.45) is 4.99 Å². The number of carbonyl (C=O) groups is 1. The van der Waals surface area contributed by atoms with Crippen LogP contribution in [0.25, 0.3) is 10.8 Å². The van der Waals surface area contributed by atoms with Gasteiger partial charge in [-0.2, -0.15) is 0 Å². The summed E-state index contributed by atoms with van der Waals surface area (Å²) >= 11 is 0. The lowest BCUT2D eigenvalue weighted by molar-refractivity contribution is -0.127. The number of hydrogen-bond acceptors (Lipinski definition) is 2. The number of hydrogen-bond donors (Lipinski definition) is 2. The Hall–Kier alpha value is -2.56. The zero-order valence-corrected chi connectivity index (χ0v) is 15.5. The molecular formula is C20H28N4O. The van der Waals surface area contributed by atoms with Gasteiger partial charge in [-0.1, -0.05) is 49.4 Å². The van der Waals surface area contributed by atoms with E-state index in [9.17, 15) is 4.79 Å². The van der Waals surface area contributed by atoms with E-state index >= 15 is 0 Å². The molecule has 0 aliphatic carbocycles. The van der Waals surface area contributed by atoms with Gasteiger partial charge in [-0.25, -0.2) is 4.99 Å². The van der Waals surface area contributed by atoms with Crippen molar-refractivity contribution >= 4 is 22.6 Å². The quantitative estimate of drug-likeness (QED) is 0.628. The molecule has 25 heavy (non-hydrogen) atoms. The molecule has 0 aromatic heterocycles. The number of nitrogens with one attached hydrogen (secondary N) is 2. The third kappa shape index (κ3) is 5.21. The van der Waals surface area contributed by atoms with Gasteiger partial charge in [0.2, 0.25) is 5.91 Å². The molecule has 0 saturated heterocycles. The molecule has 0 fully saturated rings. The van der Waals surface area contributed by atoms with E-state index in [1.807, 2.05) is 6.07 Å². The standard InChI is InChI=1S/C20H28N4O/c1-5-13-21-20(22-14-19(25)24(3)4)23-15(2)17-12-8-10-16-9-6-7-11-18(16)17/h6-12,15H,5,13-14H2,1-4H3,(H2,21,22,23). The lowest BCUT2D eigenvalue weighted by Crippen LogP contribution is -2.40. The second kappa shape index (κ2) is 9.06. The molecule has 1 unspecified atom stereocenters. The van der Waals surface area contributed by atoms with Crippen LogP contribution in [-0.2, 0) is 4.79 Å². The number of likely N-dealkylation sites (N-methyl/N-ethyl adjacent to an activating group) is 1. The second-order valence-corrected chi connectivity index (χ2v) is 6.31. The predicted molar refractivity (Wildman–Crippen MR) is 105 cm³/mol. The monoisotopic (exact) mass is 340 g/mol. The van der Waals surface area contributed by atoms with Gasteiger partial charge in [-0.3, -0.25) is 4.79 Å². The number of rotatable bonds is 6. The van der Waals surface area contributed by atoms with E-state index in [-0.39, 0.29) is 18.5 Å². The highest BCUT2D eigenvalue weighted by molar-refractivity contribution is 5.88. The summed E-state index contributed by atoms with van der Waals surface area (Å²) in [5.41, 5.74) is 1.21. The van der Waals surface area contributed by atoms with E-state index in [0.29, 0.717) is 5.96 Å². The molecule has 134 valence electrons. The summed E-state index contributed by atoms with van der Waals surface area (Å²) in [6.45, 7) is 5.15. The molecule has 0 heterocycles. The Morgan fingerprint density at radius 3 is 2.60 bits per heavy atom. The van der Waals surface area contributed by atoms with Crippen molar-refractivity contribution in [1.29, 1.82) is 0 Å². The van der Waals surface area contributed by atoms with Crippen molar-refractivity contribution in [2.75, 3.05) is 27.2 Å². The van der Waals surface area contributed by atoms with Gasteiger partial charge in [0.15, 0.2) is 5.96 Å². The maximum atomic E-state index is 11.8. The lowest BCUT2D eigenvalue weighted by atomic mass is 10.00. The number of benzene rings is 2. The van der Waals surface area contributed by atoms with Gasteiger partial charge in [-0.15, -0.1) is 0 Å². The minimum atomic E-state index is -0.0181. The Labute approximate surface area is 150 Å². The summed E-state index contributed by atoms with van der Waals surface area (Å²) in [7, 11) is 3.48. The fourth-order valence-electron chi connectivity index (χ4n) is 2.59. The van der Waals surface area contributed by atoms with E-state index in [0.717, 1.165) is 13.0 Å². The Balaban J connectivity index is 2.18. The van der Waals surface area contributed by atoms with Gasteiger partial charge < -0.3 is 15.5 Å². The number of aliphatic imine (C=N–C) groups is 1. The molecule has 2 N–H and O–H groups in total. The van der Waals surface area contributed by atoms with Gasteiger partial charge in [0, 0.05) is 20.6 Å². The highest BCUT2D eigenvalue weighted by Crippen LogP contribution is 2.23. The molecule has 0 saturated carbocycles. The van der Waals surface area contributed by atoms with Gasteiger partial charge in [0.25, 0.3) is 0 Å². The maximum absolute atomic E-state index is 11.8. The maximum Gasteiger partial charge on any atom is 0.243 e. The summed E-state index contributed by atoms with van der Waals surface area (Å²) in [6.07, 6.45) is 0.991. The predicted octanol–water partition coefficient (Wildman–Crippen LogP) is 2.93. The number of nitrogens with zero attached hydrogens (tertiary/aromatic N) is 2. The highest BCUT2D eigenvalue weighted by atomic mass is 16.2. The average Bonchev–Trinajstić information content (AvgIpc) is 2.62. The fraction of sp³-hybridized carbons (Fsp3) is 0.400. The van der Waals surface area contributed by atoms with Crippen molar-refractivity contribution in [3.8, 4) is 0 Å². The molecule has 2 aromatic carbocycles. The first kappa shape index (κ1) is 18.8. The molecule has 0 spiro atoms. The number of guanidine groups is 1. The third-order valence-electron chi connectivity index (χ3n) is 4.06. The van der Waals surface area contributed by atoms with Gasteiger partial charge in [-0.05, 0) is 29.7 Å². The van der Waals surface area contributed by atoms with Crippen LogP contribution in [0.5, 0.6) is 0 Å². The summed E-state index contributed by atoms with van der Waals surface area (Å²) in [6, 6.07) is 14.7. The molecule has 5 heteroatoms. The first-order valence-electron chi connectivity index (χ1n) is 8.75. The van der Waals surface area contributed by atoms with Crippen LogP contribution in [0.15, 0.2) is 47.5 Å². The van der Waals surface area contributed by atoms with Crippen LogP contribution in [0, 0.1) is 0 Å². The summed E-state index contributed by atoms with van der Waals surface area (Å²) in [5, 5.41) is 9.15. The minimum absolute atomic E-state index is 0.0181. The molecule has 0 radical (unpaired) electrons. The van der Waals surface area contributed by atoms with E-state index in [4.69, 9.17) is 0 Å². The van der Waals surface area contributed by atoms with Crippen LogP contribution in [0.4, 0.5) is 0 Å². The Kier molecular flexibility index (Phi) is 6.81. The van der Waals surface area contributed by atoms with Gasteiger partial charge >= 0.3 is 0 Å². The lowest BCUT2D eigenvalue weighted by Gasteiger charge is -2.20. The normalized spacial score (nSPS) is 12.7. The topological polar surface area (TPSA) is 56.7 Å². The zero-order valence-electron chi connectivity index (χ0n) is 15.5. The van der Waals surface area contributed by atoms with Crippen LogP contribution in [0.2, 0.25) is 0 Å². The van der Waals surface area contributed by atoms with E-state index in [1.165, 1.54) is 16.3 Å². The number of fused-ring (bicyclic) bond motifs is 1. The molecule has 1 atom stereocenters. The van der Waals surface area contributed by atoms with Crippen molar-refractivity contribution in [1.82, 2.24) is 15.5 Å². The minimum Gasteiger partial charge on any atom is -0.356 e. The van der Waals surface area contributed by atoms with Gasteiger partial charge in [0.1, 0.15) is 6.54 Å². The van der Waals surface area contributed by atoms with Crippen LogP contribution in [0.1, 0.15) is 31.9 Å². The first-order valence-corrected chi connectivity index (χ1v) is 8.75. The van der Waals surface area contributed by atoms with E-state index in [2.05, 4.69) is 65.9 Å². The summed E-state index contributed by atoms with van der Waals surface area (Å²) in [4.78, 5) is 17.8. The van der Waals surface area contributed by atoms with Crippen LogP contribution in [0.3, 0.4) is 0 Å². The molecule has 0 aliphatic rings. The first-order chi connectivity index (χ1) is 12.0. The number of amides is 1. The van der Waals surface area contributed by atoms with E-state index in [1.54, 1.807) is 19.0 Å². The molecule has 0 aliphatic heterocycles. The van der Waals surface area contributed by atoms with Crippen LogP contribution < -0.4 is 10.6 Å². The van der Waals surface area contributed by atoms with Crippen molar-refractivity contribution in [2.45, 2.75) is 26.3 Å². The molecule has 1 amide bonds. The summed E-state index contributed by atoms with van der Waals surface area (Å²) < 4.78 is 0. The molecule has 5 nitrogen and oxygen atoms in total. The van der Waals surface area contributed by atoms with Crippen LogP contribution >= 0.6 is 0 Å². The Morgan fingerprint density at radius 2 is 1.88 bits per heavy atom.